The van der Waals surface area contributed by atoms with Crippen LogP contribution in [0.25, 0.3) is 0 Å². The first-order chi connectivity index (χ1) is 7.54. The number of nitrogens with one attached hydrogen (secondary N) is 1. The minimum atomic E-state index is -0.998. The van der Waals surface area contributed by atoms with Crippen LogP contribution in [-0.4, -0.2) is 11.9 Å². The molecular weight excluding hydrogens is 214 g/mol. The Morgan fingerprint density at radius 2 is 2.12 bits per heavy atom. The molecule has 1 atom stereocenters. The highest BCUT2D eigenvalue weighted by molar-refractivity contribution is 5.94. The number of anilines is 1. The summed E-state index contributed by atoms with van der Waals surface area (Å²) in [5.41, 5.74) is 5.77. The first-order valence-electron chi connectivity index (χ1n) is 5.06. The van der Waals surface area contributed by atoms with Gasteiger partial charge in [0.1, 0.15) is 0 Å². The van der Waals surface area contributed by atoms with Crippen molar-refractivity contribution < 1.29 is 13.6 Å². The van der Waals surface area contributed by atoms with E-state index in [0.29, 0.717) is 6.42 Å². The summed E-state index contributed by atoms with van der Waals surface area (Å²) in [6.45, 7) is 1.91. The van der Waals surface area contributed by atoms with Gasteiger partial charge >= 0.3 is 0 Å². The van der Waals surface area contributed by atoms with E-state index < -0.39 is 23.6 Å². The summed E-state index contributed by atoms with van der Waals surface area (Å²) in [6, 6.07) is 2.54. The molecule has 0 saturated carbocycles. The lowest BCUT2D eigenvalue weighted by molar-refractivity contribution is -0.117. The molecule has 0 fully saturated rings. The Kier molecular flexibility index (Phi) is 4.37. The molecule has 0 saturated heterocycles. The third kappa shape index (κ3) is 3.27. The van der Waals surface area contributed by atoms with Crippen LogP contribution in [-0.2, 0) is 4.79 Å². The largest absolute Gasteiger partial charge is 0.325 e. The SMILES string of the molecule is CCCC(N)C(=O)Nc1ccc(F)c(F)c1. The normalized spacial score (nSPS) is 12.2. The van der Waals surface area contributed by atoms with E-state index in [2.05, 4.69) is 5.32 Å². The van der Waals surface area contributed by atoms with E-state index in [4.69, 9.17) is 5.73 Å². The lowest BCUT2D eigenvalue weighted by Gasteiger charge is -2.11. The maximum Gasteiger partial charge on any atom is 0.241 e. The highest BCUT2D eigenvalue weighted by Crippen LogP contribution is 2.13. The van der Waals surface area contributed by atoms with Crippen molar-refractivity contribution in [3.63, 3.8) is 0 Å². The summed E-state index contributed by atoms with van der Waals surface area (Å²) < 4.78 is 25.4. The summed E-state index contributed by atoms with van der Waals surface area (Å²) in [4.78, 5) is 11.4. The fourth-order valence-electron chi connectivity index (χ4n) is 1.25. The first-order valence-corrected chi connectivity index (χ1v) is 5.06. The van der Waals surface area contributed by atoms with Crippen molar-refractivity contribution in [2.45, 2.75) is 25.8 Å². The standard InChI is InChI=1S/C11H14F2N2O/c1-2-3-10(14)11(16)15-7-4-5-8(12)9(13)6-7/h4-6,10H,2-3,14H2,1H3,(H,15,16). The average Bonchev–Trinajstić information content (AvgIpc) is 2.24. The van der Waals surface area contributed by atoms with Gasteiger partial charge in [-0.1, -0.05) is 13.3 Å². The molecule has 0 heterocycles. The van der Waals surface area contributed by atoms with Crippen LogP contribution in [0.2, 0.25) is 0 Å². The molecule has 1 aromatic carbocycles. The number of carbonyl (C=O) groups excluding carboxylic acids is 1. The zero-order valence-corrected chi connectivity index (χ0v) is 8.97. The molecule has 3 nitrogen and oxygen atoms in total. The molecule has 3 N–H and O–H groups in total. The number of halogens is 2. The quantitative estimate of drug-likeness (QED) is 0.828. The molecule has 16 heavy (non-hydrogen) atoms. The molecule has 5 heteroatoms. The molecular formula is C11H14F2N2O. The Morgan fingerprint density at radius 3 is 2.69 bits per heavy atom. The lowest BCUT2D eigenvalue weighted by Crippen LogP contribution is -2.35. The van der Waals surface area contributed by atoms with Crippen LogP contribution in [0.15, 0.2) is 18.2 Å². The minimum absolute atomic E-state index is 0.204. The van der Waals surface area contributed by atoms with Gasteiger partial charge in [-0.2, -0.15) is 0 Å². The van der Waals surface area contributed by atoms with Gasteiger partial charge < -0.3 is 11.1 Å². The van der Waals surface area contributed by atoms with Gasteiger partial charge in [0.05, 0.1) is 6.04 Å². The molecule has 1 rings (SSSR count). The number of nitrogens with two attached hydrogens (primary N) is 1. The van der Waals surface area contributed by atoms with Crippen molar-refractivity contribution in [3.05, 3.63) is 29.8 Å². The fraction of sp³-hybridized carbons (Fsp3) is 0.364. The van der Waals surface area contributed by atoms with Crippen LogP contribution in [0.1, 0.15) is 19.8 Å². The molecule has 1 aromatic rings. The van der Waals surface area contributed by atoms with E-state index in [-0.39, 0.29) is 5.69 Å². The van der Waals surface area contributed by atoms with Gasteiger partial charge in [0.25, 0.3) is 0 Å². The molecule has 0 spiro atoms. The van der Waals surface area contributed by atoms with E-state index in [0.717, 1.165) is 18.6 Å². The number of hydrogen-bond acceptors (Lipinski definition) is 2. The molecule has 88 valence electrons. The van der Waals surface area contributed by atoms with Crippen molar-refractivity contribution in [2.75, 3.05) is 5.32 Å². The number of rotatable bonds is 4. The Bertz CT molecular complexity index is 382. The van der Waals surface area contributed by atoms with Gasteiger partial charge in [-0.05, 0) is 18.6 Å². The van der Waals surface area contributed by atoms with Crippen molar-refractivity contribution in [1.82, 2.24) is 0 Å². The molecule has 0 aliphatic carbocycles. The van der Waals surface area contributed by atoms with Gasteiger partial charge in [-0.25, -0.2) is 8.78 Å². The van der Waals surface area contributed by atoms with Crippen LogP contribution >= 0.6 is 0 Å². The monoisotopic (exact) mass is 228 g/mol. The summed E-state index contributed by atoms with van der Waals surface area (Å²) >= 11 is 0. The third-order valence-corrected chi connectivity index (χ3v) is 2.12. The maximum atomic E-state index is 12.8. The second-order valence-electron chi connectivity index (χ2n) is 3.51. The number of amides is 1. The van der Waals surface area contributed by atoms with Gasteiger partial charge in [0, 0.05) is 11.8 Å². The van der Waals surface area contributed by atoms with Gasteiger partial charge in [0.2, 0.25) is 5.91 Å². The van der Waals surface area contributed by atoms with E-state index in [9.17, 15) is 13.6 Å². The van der Waals surface area contributed by atoms with E-state index >= 15 is 0 Å². The van der Waals surface area contributed by atoms with Crippen molar-refractivity contribution in [1.29, 1.82) is 0 Å². The molecule has 0 bridgehead atoms. The summed E-state index contributed by atoms with van der Waals surface area (Å²) in [7, 11) is 0. The molecule has 0 aromatic heterocycles. The lowest BCUT2D eigenvalue weighted by atomic mass is 10.1. The summed E-state index contributed by atoms with van der Waals surface area (Å²) in [5.74, 6) is -2.34. The Labute approximate surface area is 92.6 Å². The highest BCUT2D eigenvalue weighted by Gasteiger charge is 2.13. The predicted octanol–water partition coefficient (Wildman–Crippen LogP) is 2.03. The summed E-state index contributed by atoms with van der Waals surface area (Å²) in [5, 5.41) is 2.42. The van der Waals surface area contributed by atoms with E-state index in [1.54, 1.807) is 0 Å². The first kappa shape index (κ1) is 12.6. The maximum absolute atomic E-state index is 12.8. The fourth-order valence-corrected chi connectivity index (χ4v) is 1.25. The zero-order chi connectivity index (χ0) is 12.1. The number of hydrogen-bond donors (Lipinski definition) is 2. The van der Waals surface area contributed by atoms with Gasteiger partial charge in [0.15, 0.2) is 11.6 Å². The summed E-state index contributed by atoms with van der Waals surface area (Å²) in [6.07, 6.45) is 1.34. The molecule has 0 radical (unpaired) electrons. The smallest absolute Gasteiger partial charge is 0.241 e. The van der Waals surface area contributed by atoms with Crippen molar-refractivity contribution in [2.24, 2.45) is 5.73 Å². The number of carbonyl (C=O) groups is 1. The van der Waals surface area contributed by atoms with Crippen LogP contribution < -0.4 is 11.1 Å². The Hall–Kier alpha value is -1.49. The number of benzene rings is 1. The second-order valence-corrected chi connectivity index (χ2v) is 3.51. The second kappa shape index (κ2) is 5.55. The van der Waals surface area contributed by atoms with Crippen LogP contribution in [0.4, 0.5) is 14.5 Å². The highest BCUT2D eigenvalue weighted by atomic mass is 19.2. The van der Waals surface area contributed by atoms with Crippen molar-refractivity contribution in [3.8, 4) is 0 Å². The van der Waals surface area contributed by atoms with Gasteiger partial charge in [-0.3, -0.25) is 4.79 Å². The topological polar surface area (TPSA) is 55.1 Å². The van der Waals surface area contributed by atoms with Crippen LogP contribution in [0.5, 0.6) is 0 Å². The average molecular weight is 228 g/mol. The zero-order valence-electron chi connectivity index (χ0n) is 8.97. The van der Waals surface area contributed by atoms with Crippen LogP contribution in [0, 0.1) is 11.6 Å². The van der Waals surface area contributed by atoms with Crippen LogP contribution in [0.3, 0.4) is 0 Å². The third-order valence-electron chi connectivity index (χ3n) is 2.12. The van der Waals surface area contributed by atoms with E-state index in [1.807, 2.05) is 6.92 Å². The molecule has 1 amide bonds. The Balaban J connectivity index is 2.66. The van der Waals surface area contributed by atoms with Crippen molar-refractivity contribution >= 4 is 11.6 Å². The van der Waals surface area contributed by atoms with E-state index in [1.165, 1.54) is 6.07 Å². The molecule has 0 aliphatic heterocycles. The minimum Gasteiger partial charge on any atom is -0.325 e. The Morgan fingerprint density at radius 1 is 1.44 bits per heavy atom. The molecule has 0 aliphatic rings. The van der Waals surface area contributed by atoms with Gasteiger partial charge in [-0.15, -0.1) is 0 Å². The molecule has 1 unspecified atom stereocenters. The predicted molar refractivity (Wildman–Crippen MR) is 57.9 cm³/mol.